The first-order valence-electron chi connectivity index (χ1n) is 10.1. The van der Waals surface area contributed by atoms with Crippen molar-refractivity contribution in [1.29, 1.82) is 0 Å². The second-order valence-corrected chi connectivity index (χ2v) is 8.32. The Labute approximate surface area is 165 Å². The lowest BCUT2D eigenvalue weighted by Crippen LogP contribution is -2.68. The summed E-state index contributed by atoms with van der Waals surface area (Å²) < 4.78 is 0. The Morgan fingerprint density at radius 3 is 2.75 bits per heavy atom. The fourth-order valence-corrected chi connectivity index (χ4v) is 4.72. The molecule has 1 aliphatic carbocycles. The summed E-state index contributed by atoms with van der Waals surface area (Å²) in [5, 5.41) is 2.46. The molecule has 1 spiro atoms. The summed E-state index contributed by atoms with van der Waals surface area (Å²) in [4.78, 5) is 41.9. The average molecular weight is 381 g/mol. The number of anilines is 1. The molecule has 2 heterocycles. The predicted molar refractivity (Wildman–Crippen MR) is 107 cm³/mol. The molecule has 2 aliphatic heterocycles. The first-order chi connectivity index (χ1) is 13.4. The van der Waals surface area contributed by atoms with Crippen LogP contribution in [0.5, 0.6) is 0 Å². The quantitative estimate of drug-likeness (QED) is 0.646. The summed E-state index contributed by atoms with van der Waals surface area (Å²) in [5.74, 6) is -0.841. The summed E-state index contributed by atoms with van der Waals surface area (Å²) in [5.41, 5.74) is 3.16. The zero-order valence-corrected chi connectivity index (χ0v) is 16.6. The summed E-state index contributed by atoms with van der Waals surface area (Å²) >= 11 is 0. The zero-order valence-electron chi connectivity index (χ0n) is 16.6. The van der Waals surface area contributed by atoms with E-state index in [9.17, 15) is 14.4 Å². The Morgan fingerprint density at radius 1 is 1.18 bits per heavy atom. The smallest absolute Gasteiger partial charge is 0.330 e. The van der Waals surface area contributed by atoms with E-state index in [0.29, 0.717) is 19.4 Å². The number of fused-ring (bicyclic) bond motifs is 1. The van der Waals surface area contributed by atoms with Crippen LogP contribution in [-0.4, -0.2) is 42.9 Å². The molecule has 6 nitrogen and oxygen atoms in total. The second kappa shape index (κ2) is 7.08. The van der Waals surface area contributed by atoms with E-state index in [0.717, 1.165) is 36.1 Å². The van der Waals surface area contributed by atoms with Crippen LogP contribution in [0.3, 0.4) is 0 Å². The maximum atomic E-state index is 13.4. The first kappa shape index (κ1) is 18.7. The number of imide groups is 2. The number of nitrogens with one attached hydrogen (secondary N) is 1. The van der Waals surface area contributed by atoms with Crippen LogP contribution in [0.1, 0.15) is 43.2 Å². The fraction of sp³-hybridized carbons (Fsp3) is 0.500. The monoisotopic (exact) mass is 381 g/mol. The number of nitrogens with zero attached hydrogens (tertiary/aromatic N) is 2. The first-order valence-corrected chi connectivity index (χ1v) is 10.1. The number of barbiturate groups is 1. The van der Waals surface area contributed by atoms with Gasteiger partial charge in [0.25, 0.3) is 0 Å². The number of aryl methyl sites for hydroxylation is 1. The van der Waals surface area contributed by atoms with Crippen molar-refractivity contribution in [3.05, 3.63) is 41.0 Å². The molecule has 0 bridgehead atoms. The third-order valence-corrected chi connectivity index (χ3v) is 6.24. The van der Waals surface area contributed by atoms with Crippen molar-refractivity contribution < 1.29 is 14.4 Å². The van der Waals surface area contributed by atoms with Crippen molar-refractivity contribution in [3.8, 4) is 0 Å². The number of urea groups is 1. The second-order valence-electron chi connectivity index (χ2n) is 8.32. The Hall–Kier alpha value is -2.63. The van der Waals surface area contributed by atoms with Crippen LogP contribution in [0.4, 0.5) is 10.5 Å². The molecule has 0 radical (unpaired) electrons. The number of rotatable bonds is 3. The third kappa shape index (κ3) is 3.11. The van der Waals surface area contributed by atoms with E-state index in [1.165, 1.54) is 16.9 Å². The van der Waals surface area contributed by atoms with Gasteiger partial charge in [0.15, 0.2) is 0 Å². The average Bonchev–Trinajstić information content (AvgIpc) is 2.67. The van der Waals surface area contributed by atoms with Crippen LogP contribution in [0, 0.1) is 12.3 Å². The standard InChI is InChI=1S/C22H27N3O3/c1-15-8-9-18-17(12-15)13-22(14-24(18)2)19(26)23-21(28)25(20(22)27)11-10-16-6-4-3-5-7-16/h6,8-9,12H,3-5,7,10-11,13-14H2,1-2H3,(H,23,26,28)/t22-/m0/s1. The van der Waals surface area contributed by atoms with Crippen molar-refractivity contribution in [1.82, 2.24) is 10.2 Å². The Kier molecular flexibility index (Phi) is 4.73. The van der Waals surface area contributed by atoms with Gasteiger partial charge in [0.05, 0.1) is 0 Å². The molecule has 4 rings (SSSR count). The molecule has 0 saturated carbocycles. The molecule has 1 saturated heterocycles. The van der Waals surface area contributed by atoms with E-state index in [-0.39, 0.29) is 12.5 Å². The highest BCUT2D eigenvalue weighted by molar-refractivity contribution is 6.20. The van der Waals surface area contributed by atoms with E-state index in [2.05, 4.69) is 11.4 Å². The minimum absolute atomic E-state index is 0.278. The molecule has 6 heteroatoms. The van der Waals surface area contributed by atoms with Gasteiger partial charge in [0, 0.05) is 25.8 Å². The highest BCUT2D eigenvalue weighted by atomic mass is 16.2. The highest BCUT2D eigenvalue weighted by Gasteiger charge is 2.56. The zero-order chi connectivity index (χ0) is 19.9. The van der Waals surface area contributed by atoms with Gasteiger partial charge in [0.2, 0.25) is 11.8 Å². The van der Waals surface area contributed by atoms with Crippen LogP contribution in [0.25, 0.3) is 0 Å². The van der Waals surface area contributed by atoms with Crippen LogP contribution in [0.2, 0.25) is 0 Å². The van der Waals surface area contributed by atoms with E-state index in [4.69, 9.17) is 0 Å². The van der Waals surface area contributed by atoms with E-state index >= 15 is 0 Å². The summed E-state index contributed by atoms with van der Waals surface area (Å²) in [6.45, 7) is 2.61. The lowest BCUT2D eigenvalue weighted by Gasteiger charge is -2.45. The lowest BCUT2D eigenvalue weighted by atomic mass is 9.74. The van der Waals surface area contributed by atoms with Crippen LogP contribution in [-0.2, 0) is 16.0 Å². The van der Waals surface area contributed by atoms with Gasteiger partial charge in [-0.1, -0.05) is 29.3 Å². The molecular weight excluding hydrogens is 354 g/mol. The number of hydrogen-bond donors (Lipinski definition) is 1. The van der Waals surface area contributed by atoms with Crippen molar-refractivity contribution in [2.45, 2.75) is 45.4 Å². The Balaban J connectivity index is 1.61. The Bertz CT molecular complexity index is 876. The fourth-order valence-electron chi connectivity index (χ4n) is 4.72. The van der Waals surface area contributed by atoms with Gasteiger partial charge in [-0.25, -0.2) is 4.79 Å². The maximum absolute atomic E-state index is 13.4. The molecule has 1 aromatic rings. The van der Waals surface area contributed by atoms with Crippen molar-refractivity contribution >= 4 is 23.5 Å². The van der Waals surface area contributed by atoms with Gasteiger partial charge in [-0.15, -0.1) is 0 Å². The molecule has 1 aromatic carbocycles. The third-order valence-electron chi connectivity index (χ3n) is 6.24. The summed E-state index contributed by atoms with van der Waals surface area (Å²) in [6, 6.07) is 5.50. The van der Waals surface area contributed by atoms with Gasteiger partial charge < -0.3 is 4.90 Å². The summed E-state index contributed by atoms with van der Waals surface area (Å²) in [6.07, 6.45) is 7.71. The minimum atomic E-state index is -1.25. The number of allylic oxidation sites excluding steroid dienone is 1. The number of benzene rings is 1. The molecule has 148 valence electrons. The van der Waals surface area contributed by atoms with Gasteiger partial charge in [-0.05, 0) is 57.1 Å². The largest absolute Gasteiger partial charge is 0.373 e. The van der Waals surface area contributed by atoms with Gasteiger partial charge in [-0.3, -0.25) is 19.8 Å². The van der Waals surface area contributed by atoms with Crippen LogP contribution < -0.4 is 10.2 Å². The Morgan fingerprint density at radius 2 is 2.00 bits per heavy atom. The SMILES string of the molecule is Cc1ccc2c(c1)C[C@]1(CN2C)C(=O)NC(=O)N(CCC2=CCCCC2)C1=O. The molecule has 1 atom stereocenters. The van der Waals surface area contributed by atoms with Crippen molar-refractivity contribution in [3.63, 3.8) is 0 Å². The van der Waals surface area contributed by atoms with E-state index < -0.39 is 17.4 Å². The molecule has 1 N–H and O–H groups in total. The number of carbonyl (C=O) groups is 3. The van der Waals surface area contributed by atoms with Crippen molar-refractivity contribution in [2.75, 3.05) is 25.0 Å². The predicted octanol–water partition coefficient (Wildman–Crippen LogP) is 2.94. The lowest BCUT2D eigenvalue weighted by molar-refractivity contribution is -0.151. The van der Waals surface area contributed by atoms with Gasteiger partial charge in [-0.2, -0.15) is 0 Å². The molecule has 1 fully saturated rings. The maximum Gasteiger partial charge on any atom is 0.330 e. The molecule has 4 amide bonds. The number of carbonyl (C=O) groups excluding carboxylic acids is 3. The highest BCUT2D eigenvalue weighted by Crippen LogP contribution is 2.39. The van der Waals surface area contributed by atoms with Gasteiger partial charge >= 0.3 is 6.03 Å². The molecule has 28 heavy (non-hydrogen) atoms. The number of amides is 4. The molecule has 3 aliphatic rings. The summed E-state index contributed by atoms with van der Waals surface area (Å²) in [7, 11) is 1.89. The van der Waals surface area contributed by atoms with E-state index in [1.54, 1.807) is 0 Å². The van der Waals surface area contributed by atoms with Crippen LogP contribution >= 0.6 is 0 Å². The minimum Gasteiger partial charge on any atom is -0.373 e. The van der Waals surface area contributed by atoms with E-state index in [1.807, 2.05) is 37.1 Å². The topological polar surface area (TPSA) is 69.7 Å². The molecule has 0 unspecified atom stereocenters. The van der Waals surface area contributed by atoms with Crippen LogP contribution in [0.15, 0.2) is 29.8 Å². The van der Waals surface area contributed by atoms with Gasteiger partial charge in [0.1, 0.15) is 5.41 Å². The number of hydrogen-bond acceptors (Lipinski definition) is 4. The van der Waals surface area contributed by atoms with Crippen molar-refractivity contribution in [2.24, 2.45) is 5.41 Å². The molecular formula is C22H27N3O3. The normalized spacial score (nSPS) is 24.9. The molecule has 0 aromatic heterocycles.